The van der Waals surface area contributed by atoms with Crippen molar-refractivity contribution in [3.63, 3.8) is 0 Å². The molecule has 0 saturated heterocycles. The number of aryl methyl sites for hydroxylation is 3. The van der Waals surface area contributed by atoms with Crippen LogP contribution < -0.4 is 10.1 Å². The first kappa shape index (κ1) is 15.3. The van der Waals surface area contributed by atoms with Gasteiger partial charge in [-0.25, -0.2) is 4.98 Å². The Bertz CT molecular complexity index is 587. The second kappa shape index (κ2) is 7.07. The summed E-state index contributed by atoms with van der Waals surface area (Å²) in [6, 6.07) is 7.91. The van der Waals surface area contributed by atoms with Crippen LogP contribution in [0.2, 0.25) is 0 Å². The molecule has 0 radical (unpaired) electrons. The summed E-state index contributed by atoms with van der Waals surface area (Å²) in [5, 5.41) is 3.22. The number of benzene rings is 1. The van der Waals surface area contributed by atoms with Crippen molar-refractivity contribution in [2.24, 2.45) is 0 Å². The molecule has 112 valence electrons. The van der Waals surface area contributed by atoms with Crippen LogP contribution in [0, 0.1) is 13.8 Å². The molecule has 0 bridgehead atoms. The van der Waals surface area contributed by atoms with Crippen molar-refractivity contribution in [1.29, 1.82) is 0 Å². The molecule has 0 aliphatic heterocycles. The fraction of sp³-hybridized carbons (Fsp3) is 0.412. The van der Waals surface area contributed by atoms with E-state index in [-0.39, 0.29) is 0 Å². The fourth-order valence-electron chi connectivity index (χ4n) is 2.03. The highest BCUT2D eigenvalue weighted by Crippen LogP contribution is 2.24. The molecular formula is C17H23N3O. The van der Waals surface area contributed by atoms with Gasteiger partial charge in [0.15, 0.2) is 0 Å². The summed E-state index contributed by atoms with van der Waals surface area (Å²) in [6.07, 6.45) is 1.86. The summed E-state index contributed by atoms with van der Waals surface area (Å²) in [5.41, 5.74) is 2.47. The number of anilines is 1. The van der Waals surface area contributed by atoms with Crippen molar-refractivity contribution < 1.29 is 4.74 Å². The van der Waals surface area contributed by atoms with E-state index in [9.17, 15) is 0 Å². The maximum atomic E-state index is 5.90. The monoisotopic (exact) mass is 285 g/mol. The molecule has 2 aromatic rings. The lowest BCUT2D eigenvalue weighted by atomic mass is 10.1. The Morgan fingerprint density at radius 3 is 2.52 bits per heavy atom. The Kier molecular flexibility index (Phi) is 5.14. The molecule has 1 N–H and O–H groups in total. The van der Waals surface area contributed by atoms with Crippen LogP contribution in [0.5, 0.6) is 11.6 Å². The van der Waals surface area contributed by atoms with Gasteiger partial charge in [-0.05, 0) is 50.5 Å². The van der Waals surface area contributed by atoms with Crippen LogP contribution in [0.1, 0.15) is 37.2 Å². The van der Waals surface area contributed by atoms with Gasteiger partial charge in [0.05, 0.1) is 0 Å². The third-order valence-corrected chi connectivity index (χ3v) is 3.28. The Labute approximate surface area is 126 Å². The van der Waals surface area contributed by atoms with Gasteiger partial charge in [0.25, 0.3) is 0 Å². The van der Waals surface area contributed by atoms with Crippen molar-refractivity contribution in [2.75, 3.05) is 11.9 Å². The first-order valence-corrected chi connectivity index (χ1v) is 7.49. The van der Waals surface area contributed by atoms with E-state index < -0.39 is 0 Å². The van der Waals surface area contributed by atoms with E-state index in [0.29, 0.717) is 5.88 Å². The zero-order valence-corrected chi connectivity index (χ0v) is 13.2. The van der Waals surface area contributed by atoms with E-state index in [1.54, 1.807) is 0 Å². The molecule has 0 saturated carbocycles. The van der Waals surface area contributed by atoms with Crippen LogP contribution in [0.4, 0.5) is 5.82 Å². The number of hydrogen-bond donors (Lipinski definition) is 1. The van der Waals surface area contributed by atoms with Crippen LogP contribution >= 0.6 is 0 Å². The fourth-order valence-corrected chi connectivity index (χ4v) is 2.03. The van der Waals surface area contributed by atoms with Gasteiger partial charge in [-0.15, -0.1) is 0 Å². The molecular weight excluding hydrogens is 262 g/mol. The summed E-state index contributed by atoms with van der Waals surface area (Å²) in [7, 11) is 0. The van der Waals surface area contributed by atoms with Gasteiger partial charge in [-0.2, -0.15) is 4.98 Å². The molecule has 0 aliphatic carbocycles. The highest BCUT2D eigenvalue weighted by atomic mass is 16.5. The summed E-state index contributed by atoms with van der Waals surface area (Å²) >= 11 is 0. The van der Waals surface area contributed by atoms with Gasteiger partial charge in [0, 0.05) is 19.0 Å². The molecule has 0 amide bonds. The van der Waals surface area contributed by atoms with Crippen molar-refractivity contribution >= 4 is 5.82 Å². The Morgan fingerprint density at radius 2 is 1.86 bits per heavy atom. The van der Waals surface area contributed by atoms with Crippen LogP contribution in [0.3, 0.4) is 0 Å². The number of nitrogens with zero attached hydrogens (tertiary/aromatic N) is 2. The van der Waals surface area contributed by atoms with Crippen molar-refractivity contribution in [3.8, 4) is 11.6 Å². The lowest BCUT2D eigenvalue weighted by Crippen LogP contribution is -2.04. The normalized spacial score (nSPS) is 10.5. The lowest BCUT2D eigenvalue weighted by Gasteiger charge is -2.10. The van der Waals surface area contributed by atoms with Crippen molar-refractivity contribution in [1.82, 2.24) is 9.97 Å². The smallest absolute Gasteiger partial charge is 0.224 e. The van der Waals surface area contributed by atoms with E-state index in [2.05, 4.69) is 42.1 Å². The Balaban J connectivity index is 2.26. The minimum Gasteiger partial charge on any atom is -0.439 e. The number of rotatable bonds is 6. The molecule has 1 aromatic carbocycles. The predicted octanol–water partition coefficient (Wildman–Crippen LogP) is 4.27. The van der Waals surface area contributed by atoms with E-state index in [4.69, 9.17) is 4.74 Å². The SMILES string of the molecule is CCCc1nc(NCC)cc(Oc2ccc(C)c(C)c2)n1. The van der Waals surface area contributed by atoms with E-state index in [1.807, 2.05) is 25.1 Å². The van der Waals surface area contributed by atoms with E-state index in [1.165, 1.54) is 11.1 Å². The Hall–Kier alpha value is -2.10. The third kappa shape index (κ3) is 4.18. The standard InChI is InChI=1S/C17H23N3O/c1-5-7-15-19-16(18-6-2)11-17(20-15)21-14-9-8-12(3)13(4)10-14/h8-11H,5-7H2,1-4H3,(H,18,19,20). The molecule has 0 spiro atoms. The molecule has 4 nitrogen and oxygen atoms in total. The average molecular weight is 285 g/mol. The Morgan fingerprint density at radius 1 is 1.05 bits per heavy atom. The van der Waals surface area contributed by atoms with E-state index >= 15 is 0 Å². The zero-order valence-electron chi connectivity index (χ0n) is 13.2. The minimum absolute atomic E-state index is 0.590. The molecule has 0 unspecified atom stereocenters. The van der Waals surface area contributed by atoms with Gasteiger partial charge >= 0.3 is 0 Å². The molecule has 1 aromatic heterocycles. The second-order valence-corrected chi connectivity index (χ2v) is 5.14. The zero-order chi connectivity index (χ0) is 15.2. The maximum Gasteiger partial charge on any atom is 0.224 e. The van der Waals surface area contributed by atoms with Gasteiger partial charge in [0.1, 0.15) is 17.4 Å². The van der Waals surface area contributed by atoms with Gasteiger partial charge < -0.3 is 10.1 Å². The summed E-state index contributed by atoms with van der Waals surface area (Å²) in [4.78, 5) is 8.96. The van der Waals surface area contributed by atoms with Gasteiger partial charge in [-0.1, -0.05) is 13.0 Å². The third-order valence-electron chi connectivity index (χ3n) is 3.28. The molecule has 2 rings (SSSR count). The van der Waals surface area contributed by atoms with Crippen LogP contribution in [0.25, 0.3) is 0 Å². The van der Waals surface area contributed by atoms with E-state index in [0.717, 1.165) is 36.8 Å². The summed E-state index contributed by atoms with van der Waals surface area (Å²) in [6.45, 7) is 9.16. The molecule has 0 fully saturated rings. The van der Waals surface area contributed by atoms with Crippen molar-refractivity contribution in [3.05, 3.63) is 41.2 Å². The highest BCUT2D eigenvalue weighted by Gasteiger charge is 2.06. The molecule has 0 atom stereocenters. The van der Waals surface area contributed by atoms with Crippen molar-refractivity contribution in [2.45, 2.75) is 40.5 Å². The molecule has 4 heteroatoms. The first-order valence-electron chi connectivity index (χ1n) is 7.49. The van der Waals surface area contributed by atoms with Crippen LogP contribution in [-0.2, 0) is 6.42 Å². The number of aromatic nitrogens is 2. The summed E-state index contributed by atoms with van der Waals surface area (Å²) < 4.78 is 5.90. The molecule has 1 heterocycles. The minimum atomic E-state index is 0.590. The average Bonchev–Trinajstić information content (AvgIpc) is 2.43. The molecule has 0 aliphatic rings. The number of nitrogens with one attached hydrogen (secondary N) is 1. The van der Waals surface area contributed by atoms with Crippen LogP contribution in [-0.4, -0.2) is 16.5 Å². The van der Waals surface area contributed by atoms with Crippen LogP contribution in [0.15, 0.2) is 24.3 Å². The first-order chi connectivity index (χ1) is 10.1. The second-order valence-electron chi connectivity index (χ2n) is 5.14. The number of hydrogen-bond acceptors (Lipinski definition) is 4. The topological polar surface area (TPSA) is 47.0 Å². The highest BCUT2D eigenvalue weighted by molar-refractivity contribution is 5.41. The lowest BCUT2D eigenvalue weighted by molar-refractivity contribution is 0.458. The predicted molar refractivity (Wildman–Crippen MR) is 86.2 cm³/mol. The summed E-state index contributed by atoms with van der Waals surface area (Å²) in [5.74, 6) is 3.03. The van der Waals surface area contributed by atoms with Gasteiger partial charge in [0.2, 0.25) is 5.88 Å². The largest absolute Gasteiger partial charge is 0.439 e. The number of ether oxygens (including phenoxy) is 1. The quantitative estimate of drug-likeness (QED) is 0.861. The maximum absolute atomic E-state index is 5.90. The van der Waals surface area contributed by atoms with Gasteiger partial charge in [-0.3, -0.25) is 0 Å². The molecule has 21 heavy (non-hydrogen) atoms.